The molecule has 0 bridgehead atoms. The molecule has 0 aliphatic carbocycles. The van der Waals surface area contributed by atoms with Crippen LogP contribution in [0.5, 0.6) is 0 Å². The highest BCUT2D eigenvalue weighted by molar-refractivity contribution is 5.91. The lowest BCUT2D eigenvalue weighted by Gasteiger charge is -2.10. The zero-order valence-electron chi connectivity index (χ0n) is 10.5. The highest BCUT2D eigenvalue weighted by atomic mass is 19.1. The van der Waals surface area contributed by atoms with Gasteiger partial charge in [0.25, 0.3) is 0 Å². The monoisotopic (exact) mass is 269 g/mol. The Hall–Kier alpha value is -2.31. The minimum absolute atomic E-state index is 0.0595. The van der Waals surface area contributed by atoms with Crippen LogP contribution in [0.1, 0.15) is 23.7 Å². The maximum atomic E-state index is 13.4. The molecule has 1 rings (SSSR count). The van der Waals surface area contributed by atoms with E-state index in [9.17, 15) is 14.0 Å². The molecule has 0 aliphatic rings. The fourth-order valence-electron chi connectivity index (χ4n) is 1.41. The summed E-state index contributed by atoms with van der Waals surface area (Å²) in [5.41, 5.74) is 5.35. The number of halogens is 1. The van der Waals surface area contributed by atoms with Gasteiger partial charge in [-0.3, -0.25) is 4.79 Å². The van der Waals surface area contributed by atoms with Gasteiger partial charge in [-0.2, -0.15) is 0 Å². The van der Waals surface area contributed by atoms with E-state index in [0.29, 0.717) is 6.54 Å². The van der Waals surface area contributed by atoms with E-state index in [1.165, 1.54) is 0 Å². The SMILES string of the molecule is CCCNC(=O)CNc1cc(F)c(C(=O)O)cc1N. The molecule has 7 heteroatoms. The number of rotatable bonds is 6. The van der Waals surface area contributed by atoms with Crippen LogP contribution in [0.3, 0.4) is 0 Å². The van der Waals surface area contributed by atoms with E-state index in [2.05, 4.69) is 10.6 Å². The van der Waals surface area contributed by atoms with Crippen LogP contribution in [0.4, 0.5) is 15.8 Å². The van der Waals surface area contributed by atoms with Crippen molar-refractivity contribution in [1.29, 1.82) is 0 Å². The van der Waals surface area contributed by atoms with Gasteiger partial charge in [-0.05, 0) is 18.6 Å². The number of carbonyl (C=O) groups is 2. The van der Waals surface area contributed by atoms with Gasteiger partial charge in [0.2, 0.25) is 5.91 Å². The summed E-state index contributed by atoms with van der Waals surface area (Å²) in [5.74, 6) is -2.54. The van der Waals surface area contributed by atoms with Crippen LogP contribution in [0.2, 0.25) is 0 Å². The molecule has 0 atom stereocenters. The molecule has 0 saturated heterocycles. The average molecular weight is 269 g/mol. The number of carboxylic acid groups (broad SMARTS) is 1. The number of hydrogen-bond donors (Lipinski definition) is 4. The van der Waals surface area contributed by atoms with Gasteiger partial charge in [-0.25, -0.2) is 9.18 Å². The minimum atomic E-state index is -1.39. The lowest BCUT2D eigenvalue weighted by atomic mass is 10.1. The van der Waals surface area contributed by atoms with Crippen molar-refractivity contribution in [2.45, 2.75) is 13.3 Å². The average Bonchev–Trinajstić information content (AvgIpc) is 2.36. The first-order chi connectivity index (χ1) is 8.95. The highest BCUT2D eigenvalue weighted by Gasteiger charge is 2.14. The van der Waals surface area contributed by atoms with Crippen molar-refractivity contribution >= 4 is 23.3 Å². The molecule has 1 aromatic carbocycles. The summed E-state index contributed by atoms with van der Waals surface area (Å²) in [5, 5.41) is 14.0. The van der Waals surface area contributed by atoms with Crippen LogP contribution in [-0.2, 0) is 4.79 Å². The number of anilines is 2. The summed E-state index contributed by atoms with van der Waals surface area (Å²) >= 11 is 0. The molecule has 0 saturated carbocycles. The number of nitrogen functional groups attached to an aromatic ring is 1. The van der Waals surface area contributed by atoms with Crippen molar-refractivity contribution in [1.82, 2.24) is 5.32 Å². The van der Waals surface area contributed by atoms with Crippen LogP contribution in [0, 0.1) is 5.82 Å². The van der Waals surface area contributed by atoms with Crippen LogP contribution in [-0.4, -0.2) is 30.1 Å². The van der Waals surface area contributed by atoms with Gasteiger partial charge < -0.3 is 21.5 Å². The maximum absolute atomic E-state index is 13.4. The van der Waals surface area contributed by atoms with Crippen molar-refractivity contribution in [3.05, 3.63) is 23.5 Å². The molecule has 1 aromatic rings. The Morgan fingerprint density at radius 3 is 2.68 bits per heavy atom. The van der Waals surface area contributed by atoms with Gasteiger partial charge in [-0.1, -0.05) is 6.92 Å². The number of benzene rings is 1. The van der Waals surface area contributed by atoms with Gasteiger partial charge in [0.15, 0.2) is 0 Å². The summed E-state index contributed by atoms with van der Waals surface area (Å²) in [6.07, 6.45) is 0.815. The molecule has 19 heavy (non-hydrogen) atoms. The molecular weight excluding hydrogens is 253 g/mol. The topological polar surface area (TPSA) is 104 Å². The number of aromatic carboxylic acids is 1. The van der Waals surface area contributed by atoms with E-state index >= 15 is 0 Å². The Labute approximate surface area is 109 Å². The van der Waals surface area contributed by atoms with Crippen molar-refractivity contribution in [2.24, 2.45) is 0 Å². The zero-order chi connectivity index (χ0) is 14.4. The first-order valence-corrected chi connectivity index (χ1v) is 5.78. The molecule has 0 aliphatic heterocycles. The Kier molecular flexibility index (Phi) is 5.11. The van der Waals surface area contributed by atoms with Gasteiger partial charge in [-0.15, -0.1) is 0 Å². The van der Waals surface area contributed by atoms with Crippen LogP contribution in [0.25, 0.3) is 0 Å². The Morgan fingerprint density at radius 1 is 1.42 bits per heavy atom. The summed E-state index contributed by atoms with van der Waals surface area (Å²) in [6, 6.07) is 1.98. The van der Waals surface area contributed by atoms with E-state index in [1.54, 1.807) is 0 Å². The molecule has 0 aromatic heterocycles. The second kappa shape index (κ2) is 6.58. The second-order valence-electron chi connectivity index (χ2n) is 3.93. The lowest BCUT2D eigenvalue weighted by Crippen LogP contribution is -2.30. The van der Waals surface area contributed by atoms with Gasteiger partial charge >= 0.3 is 5.97 Å². The van der Waals surface area contributed by atoms with Gasteiger partial charge in [0.05, 0.1) is 23.5 Å². The quantitative estimate of drug-likeness (QED) is 0.578. The summed E-state index contributed by atoms with van der Waals surface area (Å²) in [4.78, 5) is 22.0. The standard InChI is InChI=1S/C12H16FN3O3/c1-2-3-15-11(17)6-16-10-5-8(13)7(12(18)19)4-9(10)14/h4-5,16H,2-3,6,14H2,1H3,(H,15,17)(H,18,19). The van der Waals surface area contributed by atoms with E-state index in [4.69, 9.17) is 10.8 Å². The largest absolute Gasteiger partial charge is 0.478 e. The Morgan fingerprint density at radius 2 is 2.11 bits per heavy atom. The number of nitrogens with one attached hydrogen (secondary N) is 2. The van der Waals surface area contributed by atoms with Crippen LogP contribution >= 0.6 is 0 Å². The fourth-order valence-corrected chi connectivity index (χ4v) is 1.41. The fraction of sp³-hybridized carbons (Fsp3) is 0.333. The van der Waals surface area contributed by atoms with Crippen molar-refractivity contribution in [3.8, 4) is 0 Å². The minimum Gasteiger partial charge on any atom is -0.478 e. The lowest BCUT2D eigenvalue weighted by molar-refractivity contribution is -0.119. The van der Waals surface area contributed by atoms with Crippen molar-refractivity contribution < 1.29 is 19.1 Å². The highest BCUT2D eigenvalue weighted by Crippen LogP contribution is 2.22. The van der Waals surface area contributed by atoms with Crippen molar-refractivity contribution in [3.63, 3.8) is 0 Å². The van der Waals surface area contributed by atoms with E-state index in [-0.39, 0.29) is 23.8 Å². The molecule has 0 unspecified atom stereocenters. The molecular formula is C12H16FN3O3. The Bertz CT molecular complexity index is 491. The van der Waals surface area contributed by atoms with Crippen molar-refractivity contribution in [2.75, 3.05) is 24.1 Å². The molecule has 1 amide bonds. The summed E-state index contributed by atoms with van der Waals surface area (Å²) in [7, 11) is 0. The molecule has 0 heterocycles. The molecule has 0 radical (unpaired) electrons. The predicted octanol–water partition coefficient (Wildman–Crippen LogP) is 1.04. The third-order valence-electron chi connectivity index (χ3n) is 2.38. The smallest absolute Gasteiger partial charge is 0.338 e. The Balaban J connectivity index is 2.72. The van der Waals surface area contributed by atoms with Crippen LogP contribution < -0.4 is 16.4 Å². The van der Waals surface area contributed by atoms with Gasteiger partial charge in [0.1, 0.15) is 5.82 Å². The third-order valence-corrected chi connectivity index (χ3v) is 2.38. The summed E-state index contributed by atoms with van der Waals surface area (Å²) < 4.78 is 13.4. The number of carboxylic acids is 1. The zero-order valence-corrected chi connectivity index (χ0v) is 10.5. The number of nitrogens with two attached hydrogens (primary N) is 1. The third kappa shape index (κ3) is 4.13. The maximum Gasteiger partial charge on any atom is 0.338 e. The first-order valence-electron chi connectivity index (χ1n) is 5.78. The second-order valence-corrected chi connectivity index (χ2v) is 3.93. The molecule has 104 valence electrons. The molecule has 5 N–H and O–H groups in total. The predicted molar refractivity (Wildman–Crippen MR) is 69.6 cm³/mol. The molecule has 6 nitrogen and oxygen atoms in total. The summed E-state index contributed by atoms with van der Waals surface area (Å²) in [6.45, 7) is 2.42. The van der Waals surface area contributed by atoms with E-state index in [0.717, 1.165) is 18.6 Å². The van der Waals surface area contributed by atoms with Crippen LogP contribution in [0.15, 0.2) is 12.1 Å². The number of amides is 1. The number of hydrogen-bond acceptors (Lipinski definition) is 4. The number of carbonyl (C=O) groups excluding carboxylic acids is 1. The molecule has 0 fully saturated rings. The van der Waals surface area contributed by atoms with Gasteiger partial charge in [0, 0.05) is 6.54 Å². The molecule has 0 spiro atoms. The first kappa shape index (κ1) is 14.7. The van der Waals surface area contributed by atoms with E-state index in [1.807, 2.05) is 6.92 Å². The van der Waals surface area contributed by atoms with E-state index < -0.39 is 17.3 Å². The normalized spacial score (nSPS) is 10.0.